The van der Waals surface area contributed by atoms with Gasteiger partial charge in [-0.2, -0.15) is 0 Å². The fourth-order valence-electron chi connectivity index (χ4n) is 3.92. The first-order valence-corrected chi connectivity index (χ1v) is 10.4. The van der Waals surface area contributed by atoms with Crippen LogP contribution in [0, 0.1) is 0 Å². The van der Waals surface area contributed by atoms with Gasteiger partial charge in [-0.3, -0.25) is 9.59 Å². The number of hydrogen-bond donors (Lipinski definition) is 2. The third kappa shape index (κ3) is 4.01. The number of hydrogen-bond acceptors (Lipinski definition) is 4. The summed E-state index contributed by atoms with van der Waals surface area (Å²) in [4.78, 5) is 28.2. The maximum Gasteiger partial charge on any atom is 0.222 e. The summed E-state index contributed by atoms with van der Waals surface area (Å²) in [5.41, 5.74) is 0.978. The highest BCUT2D eigenvalue weighted by Gasteiger charge is 2.27. The van der Waals surface area contributed by atoms with Crippen molar-refractivity contribution in [2.75, 3.05) is 0 Å². The number of halogens is 1. The van der Waals surface area contributed by atoms with Crippen LogP contribution in [0.2, 0.25) is 5.02 Å². The smallest absolute Gasteiger partial charge is 0.222 e. The van der Waals surface area contributed by atoms with Crippen LogP contribution >= 0.6 is 22.9 Å². The van der Waals surface area contributed by atoms with Crippen LogP contribution in [0.5, 0.6) is 0 Å². The van der Waals surface area contributed by atoms with Gasteiger partial charge >= 0.3 is 0 Å². The zero-order valence-corrected chi connectivity index (χ0v) is 16.0. The summed E-state index contributed by atoms with van der Waals surface area (Å²) in [5.74, 6) is 0.573. The topological polar surface area (TPSA) is 71.1 Å². The number of fused-ring (bicyclic) bond motifs is 1. The highest BCUT2D eigenvalue weighted by Crippen LogP contribution is 2.37. The molecule has 26 heavy (non-hydrogen) atoms. The van der Waals surface area contributed by atoms with Crippen molar-refractivity contribution in [3.8, 4) is 0 Å². The number of aromatic nitrogens is 1. The van der Waals surface area contributed by atoms with Gasteiger partial charge in [0.05, 0.1) is 15.2 Å². The first-order chi connectivity index (χ1) is 12.6. The van der Waals surface area contributed by atoms with Gasteiger partial charge in [0.1, 0.15) is 0 Å². The first-order valence-electron chi connectivity index (χ1n) is 9.21. The highest BCUT2D eigenvalue weighted by atomic mass is 35.5. The predicted molar refractivity (Wildman–Crippen MR) is 104 cm³/mol. The number of thiazole rings is 1. The molecule has 1 aromatic carbocycles. The lowest BCUT2D eigenvalue weighted by Gasteiger charge is -2.28. The SMILES string of the molecule is O=C(CC1CCC(=O)N1)NC1CCC(c2nc3cc(Cl)ccc3s2)CC1. The molecule has 1 aromatic heterocycles. The largest absolute Gasteiger partial charge is 0.353 e. The molecule has 4 rings (SSSR count). The van der Waals surface area contributed by atoms with Gasteiger partial charge in [-0.15, -0.1) is 11.3 Å². The van der Waals surface area contributed by atoms with Crippen LogP contribution in [0.3, 0.4) is 0 Å². The van der Waals surface area contributed by atoms with Crippen molar-refractivity contribution in [3.05, 3.63) is 28.2 Å². The molecule has 7 heteroatoms. The number of nitrogens with one attached hydrogen (secondary N) is 2. The summed E-state index contributed by atoms with van der Waals surface area (Å²) in [6.45, 7) is 0. The summed E-state index contributed by atoms with van der Waals surface area (Å²) >= 11 is 7.80. The van der Waals surface area contributed by atoms with Crippen molar-refractivity contribution in [1.82, 2.24) is 15.6 Å². The third-order valence-corrected chi connectivity index (χ3v) is 6.76. The molecular formula is C19H22ClN3O2S. The standard InChI is InChI=1S/C19H22ClN3O2S/c20-12-3-7-16-15(9-12)23-19(26-16)11-1-4-13(5-2-11)21-18(25)10-14-6-8-17(24)22-14/h3,7,9,11,13-14H,1-2,4-6,8,10H2,(H,21,25)(H,22,24). The summed E-state index contributed by atoms with van der Waals surface area (Å²) in [6, 6.07) is 6.11. The molecule has 2 amide bonds. The van der Waals surface area contributed by atoms with Crippen LogP contribution < -0.4 is 10.6 Å². The fraction of sp³-hybridized carbons (Fsp3) is 0.526. The van der Waals surface area contributed by atoms with Gasteiger partial charge in [-0.1, -0.05) is 11.6 Å². The van der Waals surface area contributed by atoms with Crippen LogP contribution in [0.1, 0.15) is 55.9 Å². The Balaban J connectivity index is 1.29. The zero-order chi connectivity index (χ0) is 18.1. The average Bonchev–Trinajstić information content (AvgIpc) is 3.21. The summed E-state index contributed by atoms with van der Waals surface area (Å²) in [6.07, 6.45) is 5.73. The Morgan fingerprint density at radius 2 is 2.08 bits per heavy atom. The van der Waals surface area contributed by atoms with E-state index in [1.54, 1.807) is 11.3 Å². The lowest BCUT2D eigenvalue weighted by molar-refractivity contribution is -0.122. The first kappa shape index (κ1) is 17.7. The van der Waals surface area contributed by atoms with Crippen molar-refractivity contribution in [2.24, 2.45) is 0 Å². The van der Waals surface area contributed by atoms with E-state index in [1.807, 2.05) is 18.2 Å². The monoisotopic (exact) mass is 391 g/mol. The molecule has 2 fully saturated rings. The van der Waals surface area contributed by atoms with E-state index < -0.39 is 0 Å². The van der Waals surface area contributed by atoms with Crippen LogP contribution in [0.4, 0.5) is 0 Å². The maximum absolute atomic E-state index is 12.2. The van der Waals surface area contributed by atoms with Crippen LogP contribution in [0.15, 0.2) is 18.2 Å². The second-order valence-corrected chi connectivity index (χ2v) is 8.79. The summed E-state index contributed by atoms with van der Waals surface area (Å²) in [5, 5.41) is 7.90. The summed E-state index contributed by atoms with van der Waals surface area (Å²) < 4.78 is 1.18. The predicted octanol–water partition coefficient (Wildman–Crippen LogP) is 3.76. The zero-order valence-electron chi connectivity index (χ0n) is 14.5. The third-order valence-electron chi connectivity index (χ3n) is 5.32. The minimum absolute atomic E-state index is 0.00779. The second-order valence-electron chi connectivity index (χ2n) is 7.29. The molecule has 2 aromatic rings. The van der Waals surface area contributed by atoms with E-state index in [-0.39, 0.29) is 23.9 Å². The number of benzene rings is 1. The van der Waals surface area contributed by atoms with E-state index in [9.17, 15) is 9.59 Å². The molecule has 1 aliphatic carbocycles. The van der Waals surface area contributed by atoms with Gasteiger partial charge in [0, 0.05) is 35.9 Å². The summed E-state index contributed by atoms with van der Waals surface area (Å²) in [7, 11) is 0. The molecule has 2 heterocycles. The molecule has 1 unspecified atom stereocenters. The van der Waals surface area contributed by atoms with Crippen LogP contribution in [-0.2, 0) is 9.59 Å². The Labute approximate surface area is 161 Å². The number of carbonyl (C=O) groups is 2. The Morgan fingerprint density at radius 3 is 2.81 bits per heavy atom. The molecule has 0 radical (unpaired) electrons. The van der Waals surface area contributed by atoms with E-state index in [1.165, 1.54) is 9.71 Å². The fourth-order valence-corrected chi connectivity index (χ4v) is 5.20. The highest BCUT2D eigenvalue weighted by molar-refractivity contribution is 7.18. The Bertz CT molecular complexity index is 829. The van der Waals surface area contributed by atoms with Gasteiger partial charge in [0.25, 0.3) is 0 Å². The molecule has 1 aliphatic heterocycles. The molecular weight excluding hydrogens is 370 g/mol. The van der Waals surface area contributed by atoms with Gasteiger partial charge in [0.2, 0.25) is 11.8 Å². The lowest BCUT2D eigenvalue weighted by Crippen LogP contribution is -2.40. The van der Waals surface area contributed by atoms with Gasteiger partial charge in [-0.25, -0.2) is 4.98 Å². The van der Waals surface area contributed by atoms with Gasteiger partial charge in [-0.05, 0) is 50.3 Å². The van der Waals surface area contributed by atoms with Gasteiger partial charge < -0.3 is 10.6 Å². The van der Waals surface area contributed by atoms with Crippen molar-refractivity contribution >= 4 is 45.0 Å². The van der Waals surface area contributed by atoms with Crippen molar-refractivity contribution < 1.29 is 9.59 Å². The molecule has 5 nitrogen and oxygen atoms in total. The molecule has 1 saturated heterocycles. The van der Waals surface area contributed by atoms with Crippen molar-refractivity contribution in [3.63, 3.8) is 0 Å². The van der Waals surface area contributed by atoms with Crippen molar-refractivity contribution in [2.45, 2.75) is 62.9 Å². The second kappa shape index (κ2) is 7.53. The molecule has 138 valence electrons. The number of carbonyl (C=O) groups excluding carboxylic acids is 2. The van der Waals surface area contributed by atoms with E-state index in [2.05, 4.69) is 10.6 Å². The molecule has 1 saturated carbocycles. The van der Waals surface area contributed by atoms with Gasteiger partial charge in [0.15, 0.2) is 0 Å². The molecule has 0 spiro atoms. The normalized spacial score (nSPS) is 26.0. The minimum Gasteiger partial charge on any atom is -0.353 e. The lowest BCUT2D eigenvalue weighted by atomic mass is 9.86. The van der Waals surface area contributed by atoms with E-state index in [0.717, 1.165) is 42.6 Å². The molecule has 2 aliphatic rings. The average molecular weight is 392 g/mol. The van der Waals surface area contributed by atoms with E-state index in [4.69, 9.17) is 16.6 Å². The molecule has 2 N–H and O–H groups in total. The maximum atomic E-state index is 12.2. The number of rotatable bonds is 4. The Hall–Kier alpha value is -1.66. The quantitative estimate of drug-likeness (QED) is 0.833. The van der Waals surface area contributed by atoms with Crippen LogP contribution in [-0.4, -0.2) is 28.9 Å². The Kier molecular flexibility index (Phi) is 5.14. The van der Waals surface area contributed by atoms with E-state index in [0.29, 0.717) is 18.8 Å². The van der Waals surface area contributed by atoms with Crippen LogP contribution in [0.25, 0.3) is 10.2 Å². The van der Waals surface area contributed by atoms with Crippen molar-refractivity contribution in [1.29, 1.82) is 0 Å². The van der Waals surface area contributed by atoms with E-state index >= 15 is 0 Å². The Morgan fingerprint density at radius 1 is 1.27 bits per heavy atom. The molecule has 0 bridgehead atoms. The number of amides is 2. The molecule has 1 atom stereocenters. The number of nitrogens with zero attached hydrogens (tertiary/aromatic N) is 1. The minimum atomic E-state index is 0.00779.